The second kappa shape index (κ2) is 4.23. The van der Waals surface area contributed by atoms with Gasteiger partial charge in [0, 0.05) is 23.0 Å². The van der Waals surface area contributed by atoms with Crippen LogP contribution in [-0.2, 0) is 6.42 Å². The summed E-state index contributed by atoms with van der Waals surface area (Å²) in [5.41, 5.74) is 8.47. The Bertz CT molecular complexity index is 433. The summed E-state index contributed by atoms with van der Waals surface area (Å²) in [6, 6.07) is 3.92. The highest BCUT2D eigenvalue weighted by Gasteiger charge is 2.09. The Labute approximate surface area is 88.1 Å². The number of hydrogen-bond acceptors (Lipinski definition) is 4. The summed E-state index contributed by atoms with van der Waals surface area (Å²) in [6.45, 7) is 2.54. The Morgan fingerprint density at radius 1 is 1.33 bits per heavy atom. The van der Waals surface area contributed by atoms with Crippen LogP contribution in [0.4, 0.5) is 0 Å². The van der Waals surface area contributed by atoms with Crippen molar-refractivity contribution in [3.05, 3.63) is 35.8 Å². The minimum absolute atomic E-state index is 0.591. The second-order valence-electron chi connectivity index (χ2n) is 3.41. The molecular weight excluding hydrogens is 190 g/mol. The molecule has 78 valence electrons. The van der Waals surface area contributed by atoms with Crippen LogP contribution in [0.2, 0.25) is 0 Å². The van der Waals surface area contributed by atoms with Gasteiger partial charge in [0.15, 0.2) is 5.76 Å². The lowest BCUT2D eigenvalue weighted by Crippen LogP contribution is -2.02. The maximum Gasteiger partial charge on any atom is 0.171 e. The highest BCUT2D eigenvalue weighted by Crippen LogP contribution is 2.22. The Hall–Kier alpha value is -1.68. The van der Waals surface area contributed by atoms with Crippen LogP contribution in [0.1, 0.15) is 11.3 Å². The minimum atomic E-state index is 0.591. The molecule has 0 amide bonds. The molecule has 2 aromatic heterocycles. The third-order valence-corrected chi connectivity index (χ3v) is 2.23. The van der Waals surface area contributed by atoms with E-state index in [1.54, 1.807) is 12.4 Å². The summed E-state index contributed by atoms with van der Waals surface area (Å²) in [5.74, 6) is 0.771. The molecule has 0 saturated carbocycles. The molecule has 0 radical (unpaired) electrons. The minimum Gasteiger partial charge on any atom is -0.356 e. The molecule has 0 aliphatic carbocycles. The number of pyridine rings is 1. The number of aryl methyl sites for hydroxylation is 1. The smallest absolute Gasteiger partial charge is 0.171 e. The molecule has 0 saturated heterocycles. The molecular formula is C11H13N3O. The van der Waals surface area contributed by atoms with Crippen molar-refractivity contribution in [1.82, 2.24) is 10.1 Å². The fourth-order valence-corrected chi connectivity index (χ4v) is 1.43. The lowest BCUT2D eigenvalue weighted by atomic mass is 10.1. The molecule has 0 atom stereocenters. The van der Waals surface area contributed by atoms with Crippen molar-refractivity contribution >= 4 is 0 Å². The average molecular weight is 203 g/mol. The predicted molar refractivity (Wildman–Crippen MR) is 57.2 cm³/mol. The van der Waals surface area contributed by atoms with Gasteiger partial charge in [-0.3, -0.25) is 4.98 Å². The molecule has 0 aromatic carbocycles. The van der Waals surface area contributed by atoms with Gasteiger partial charge < -0.3 is 10.3 Å². The summed E-state index contributed by atoms with van der Waals surface area (Å²) in [4.78, 5) is 4.22. The Morgan fingerprint density at radius 3 is 2.87 bits per heavy atom. The van der Waals surface area contributed by atoms with Crippen LogP contribution in [0.5, 0.6) is 0 Å². The normalized spacial score (nSPS) is 10.5. The van der Waals surface area contributed by atoms with Gasteiger partial charge in [-0.25, -0.2) is 0 Å². The zero-order valence-corrected chi connectivity index (χ0v) is 8.60. The van der Waals surface area contributed by atoms with Crippen molar-refractivity contribution in [2.75, 3.05) is 6.54 Å². The van der Waals surface area contributed by atoms with Gasteiger partial charge in [0.1, 0.15) is 0 Å². The van der Waals surface area contributed by atoms with E-state index in [-0.39, 0.29) is 0 Å². The molecule has 0 aliphatic rings. The van der Waals surface area contributed by atoms with Crippen LogP contribution in [-0.4, -0.2) is 16.7 Å². The molecule has 0 spiro atoms. The van der Waals surface area contributed by atoms with E-state index in [9.17, 15) is 0 Å². The quantitative estimate of drug-likeness (QED) is 0.821. The summed E-state index contributed by atoms with van der Waals surface area (Å²) in [5, 5.41) is 3.78. The Morgan fingerprint density at radius 2 is 2.20 bits per heavy atom. The van der Waals surface area contributed by atoms with Gasteiger partial charge in [-0.05, 0) is 32.0 Å². The van der Waals surface area contributed by atoms with Crippen molar-refractivity contribution in [2.45, 2.75) is 13.3 Å². The third kappa shape index (κ3) is 2.05. The van der Waals surface area contributed by atoms with Crippen molar-refractivity contribution in [2.24, 2.45) is 5.73 Å². The second-order valence-corrected chi connectivity index (χ2v) is 3.41. The van der Waals surface area contributed by atoms with E-state index in [0.717, 1.165) is 29.0 Å². The maximum atomic E-state index is 5.51. The van der Waals surface area contributed by atoms with Crippen LogP contribution < -0.4 is 5.73 Å². The monoisotopic (exact) mass is 203 g/mol. The topological polar surface area (TPSA) is 64.9 Å². The third-order valence-electron chi connectivity index (χ3n) is 2.23. The van der Waals surface area contributed by atoms with Crippen LogP contribution >= 0.6 is 0 Å². The number of hydrogen-bond donors (Lipinski definition) is 1. The van der Waals surface area contributed by atoms with Crippen molar-refractivity contribution < 1.29 is 4.52 Å². The van der Waals surface area contributed by atoms with Crippen LogP contribution in [0.15, 0.2) is 29.0 Å². The van der Waals surface area contributed by atoms with Gasteiger partial charge in [0.25, 0.3) is 0 Å². The molecule has 0 fully saturated rings. The highest BCUT2D eigenvalue weighted by atomic mass is 16.5. The SMILES string of the molecule is Cc1ccc(-c2oncc2CCN)cn1. The first-order valence-corrected chi connectivity index (χ1v) is 4.88. The van der Waals surface area contributed by atoms with Crippen molar-refractivity contribution in [3.63, 3.8) is 0 Å². The highest BCUT2D eigenvalue weighted by molar-refractivity contribution is 5.59. The molecule has 0 bridgehead atoms. The zero-order chi connectivity index (χ0) is 10.7. The summed E-state index contributed by atoms with van der Waals surface area (Å²) >= 11 is 0. The number of nitrogens with zero attached hydrogens (tertiary/aromatic N) is 2. The predicted octanol–water partition coefficient (Wildman–Crippen LogP) is 1.55. The Kier molecular flexibility index (Phi) is 2.78. The molecule has 0 aliphatic heterocycles. The molecule has 2 heterocycles. The van der Waals surface area contributed by atoms with E-state index in [4.69, 9.17) is 10.3 Å². The fraction of sp³-hybridized carbons (Fsp3) is 0.273. The van der Waals surface area contributed by atoms with E-state index in [1.165, 1.54) is 0 Å². The first-order chi connectivity index (χ1) is 7.31. The van der Waals surface area contributed by atoms with Gasteiger partial charge in [0.2, 0.25) is 0 Å². The Balaban J connectivity index is 2.36. The van der Waals surface area contributed by atoms with Gasteiger partial charge in [0.05, 0.1) is 6.20 Å². The van der Waals surface area contributed by atoms with E-state index in [2.05, 4.69) is 10.1 Å². The van der Waals surface area contributed by atoms with Crippen molar-refractivity contribution in [1.29, 1.82) is 0 Å². The molecule has 0 unspecified atom stereocenters. The first kappa shape index (κ1) is 9.86. The largest absolute Gasteiger partial charge is 0.356 e. The molecule has 2 aromatic rings. The van der Waals surface area contributed by atoms with Gasteiger partial charge >= 0.3 is 0 Å². The van der Waals surface area contributed by atoms with Gasteiger partial charge in [-0.1, -0.05) is 5.16 Å². The number of rotatable bonds is 3. The summed E-state index contributed by atoms with van der Waals surface area (Å²) in [6.07, 6.45) is 4.27. The van der Waals surface area contributed by atoms with Gasteiger partial charge in [-0.2, -0.15) is 0 Å². The molecule has 4 heteroatoms. The number of aromatic nitrogens is 2. The molecule has 2 rings (SSSR count). The first-order valence-electron chi connectivity index (χ1n) is 4.88. The van der Waals surface area contributed by atoms with E-state index < -0.39 is 0 Å². The van der Waals surface area contributed by atoms with E-state index in [1.807, 2.05) is 19.1 Å². The van der Waals surface area contributed by atoms with Crippen molar-refractivity contribution in [3.8, 4) is 11.3 Å². The number of nitrogens with two attached hydrogens (primary N) is 1. The van der Waals surface area contributed by atoms with Gasteiger partial charge in [-0.15, -0.1) is 0 Å². The average Bonchev–Trinajstić information content (AvgIpc) is 2.68. The van der Waals surface area contributed by atoms with E-state index in [0.29, 0.717) is 6.54 Å². The standard InChI is InChI=1S/C11H13N3O/c1-8-2-3-9(6-13-8)11-10(4-5-12)7-14-15-11/h2-3,6-7H,4-5,12H2,1H3. The molecule has 15 heavy (non-hydrogen) atoms. The lowest BCUT2D eigenvalue weighted by molar-refractivity contribution is 0.431. The van der Waals surface area contributed by atoms with Crippen LogP contribution in [0.3, 0.4) is 0 Å². The van der Waals surface area contributed by atoms with Crippen LogP contribution in [0, 0.1) is 6.92 Å². The summed E-state index contributed by atoms with van der Waals surface area (Å²) < 4.78 is 5.20. The zero-order valence-electron chi connectivity index (χ0n) is 8.60. The molecule has 2 N–H and O–H groups in total. The molecule has 4 nitrogen and oxygen atoms in total. The lowest BCUT2D eigenvalue weighted by Gasteiger charge is -1.99. The summed E-state index contributed by atoms with van der Waals surface area (Å²) in [7, 11) is 0. The maximum absolute atomic E-state index is 5.51. The van der Waals surface area contributed by atoms with E-state index >= 15 is 0 Å². The van der Waals surface area contributed by atoms with Crippen LogP contribution in [0.25, 0.3) is 11.3 Å². The fourth-order valence-electron chi connectivity index (χ4n) is 1.43.